The average molecular weight is 924 g/mol. The number of phosphoric ester groups is 3. The van der Waals surface area contributed by atoms with Crippen LogP contribution in [0.1, 0.15) is 52.2 Å². The number of aliphatic hydroxyl groups is 3. The van der Waals surface area contributed by atoms with Gasteiger partial charge in [-0.25, -0.2) is 28.6 Å². The largest absolute Gasteiger partial charge is 0.481 e. The van der Waals surface area contributed by atoms with E-state index in [4.69, 9.17) is 24.3 Å². The van der Waals surface area contributed by atoms with E-state index < -0.39 is 90.7 Å². The number of carbonyl (C=O) groups is 3. The molecule has 0 saturated carbocycles. The Balaban J connectivity index is 1.18. The Morgan fingerprint density at radius 1 is 1.07 bits per heavy atom. The molecule has 0 aliphatic carbocycles. The first kappa shape index (κ1) is 49.1. The second-order valence-corrected chi connectivity index (χ2v) is 19.4. The highest BCUT2D eigenvalue weighted by atomic mass is 32.2. The molecule has 2 aromatic rings. The lowest BCUT2D eigenvalue weighted by atomic mass is 9.87. The van der Waals surface area contributed by atoms with Gasteiger partial charge in [-0.05, 0) is 19.3 Å². The molecule has 0 bridgehead atoms. The van der Waals surface area contributed by atoms with E-state index in [2.05, 4.69) is 34.4 Å². The van der Waals surface area contributed by atoms with Crippen LogP contribution < -0.4 is 16.4 Å². The van der Waals surface area contributed by atoms with E-state index in [0.29, 0.717) is 6.42 Å². The van der Waals surface area contributed by atoms with E-state index in [1.54, 1.807) is 0 Å². The molecule has 30 heteroatoms. The highest BCUT2D eigenvalue weighted by molar-refractivity contribution is 8.13. The molecule has 0 radical (unpaired) electrons. The summed E-state index contributed by atoms with van der Waals surface area (Å²) in [5.74, 6) is -1.26. The number of aromatic nitrogens is 4. The van der Waals surface area contributed by atoms with Crippen molar-refractivity contribution in [2.24, 2.45) is 5.41 Å². The minimum absolute atomic E-state index is 0.00792. The quantitative estimate of drug-likeness (QED) is 0.0324. The van der Waals surface area contributed by atoms with Crippen LogP contribution in [0.3, 0.4) is 0 Å². The van der Waals surface area contributed by atoms with Gasteiger partial charge in [-0.1, -0.05) is 25.6 Å². The molecule has 2 amide bonds. The summed E-state index contributed by atoms with van der Waals surface area (Å²) in [6.45, 7) is 1.09. The topological polar surface area (TPSA) is 396 Å². The molecule has 334 valence electrons. The zero-order chi connectivity index (χ0) is 43.8. The van der Waals surface area contributed by atoms with Crippen molar-refractivity contribution in [1.82, 2.24) is 30.2 Å². The zero-order valence-electron chi connectivity index (χ0n) is 31.6. The highest BCUT2D eigenvalue weighted by Gasteiger charge is 2.50. The molecule has 26 nitrogen and oxygen atoms in total. The summed E-state index contributed by atoms with van der Waals surface area (Å²) in [6.07, 6.45) is -5.41. The molecular formula is C29H48N7O19P3S. The fraction of sp³-hybridized carbons (Fsp3) is 0.724. The molecule has 2 fully saturated rings. The number of nitrogens with two attached hydrogens (primary N) is 1. The molecule has 2 aliphatic rings. The SMILES string of the molecule is CC(C)(COP(=O)(O)OP(=O)(O)OC[C@H]1O[C@@H](n2cnc3c(N)ncnc32)[C@H](O)[C@@H]1OP(=O)(O)O)[C@@H](O)C(=O)NCCC(=O)NCCSC(=O)CC(O)CCCC1CO1. The third kappa shape index (κ3) is 15.7. The van der Waals surface area contributed by atoms with Gasteiger partial charge in [0.15, 0.2) is 22.8 Å². The molecule has 4 heterocycles. The smallest absolute Gasteiger partial charge is 0.393 e. The van der Waals surface area contributed by atoms with Crippen LogP contribution in [0.25, 0.3) is 11.2 Å². The average Bonchev–Trinajstić information content (AvgIpc) is 3.78. The van der Waals surface area contributed by atoms with Gasteiger partial charge in [0.05, 0.1) is 38.4 Å². The lowest BCUT2D eigenvalue weighted by Gasteiger charge is -2.30. The zero-order valence-corrected chi connectivity index (χ0v) is 35.1. The van der Waals surface area contributed by atoms with Crippen molar-refractivity contribution in [2.75, 3.05) is 44.4 Å². The summed E-state index contributed by atoms with van der Waals surface area (Å²) in [5, 5.41) is 36.1. The number of carbonyl (C=O) groups excluding carboxylic acids is 3. The third-order valence-corrected chi connectivity index (χ3v) is 12.6. The van der Waals surface area contributed by atoms with E-state index >= 15 is 0 Å². The predicted octanol–water partition coefficient (Wildman–Crippen LogP) is -1.02. The van der Waals surface area contributed by atoms with Crippen molar-refractivity contribution in [3.63, 3.8) is 0 Å². The number of nitrogens with zero attached hydrogens (tertiary/aromatic N) is 4. The Labute approximate surface area is 340 Å². The van der Waals surface area contributed by atoms with Crippen LogP contribution in [0.4, 0.5) is 5.82 Å². The number of ether oxygens (including phenoxy) is 2. The van der Waals surface area contributed by atoms with Crippen LogP contribution in [0.5, 0.6) is 0 Å². The fourth-order valence-corrected chi connectivity index (χ4v) is 9.04. The summed E-state index contributed by atoms with van der Waals surface area (Å²) in [6, 6.07) is 0. The minimum Gasteiger partial charge on any atom is -0.393 e. The predicted molar refractivity (Wildman–Crippen MR) is 201 cm³/mol. The van der Waals surface area contributed by atoms with Crippen molar-refractivity contribution < 1.29 is 90.3 Å². The molecule has 2 saturated heterocycles. The van der Waals surface area contributed by atoms with Gasteiger partial charge in [0, 0.05) is 37.1 Å². The van der Waals surface area contributed by atoms with E-state index in [-0.39, 0.29) is 59.9 Å². The third-order valence-electron chi connectivity index (χ3n) is 8.63. The Morgan fingerprint density at radius 2 is 1.76 bits per heavy atom. The summed E-state index contributed by atoms with van der Waals surface area (Å²) < 4.78 is 67.2. The second kappa shape index (κ2) is 21.0. The van der Waals surface area contributed by atoms with E-state index in [1.165, 1.54) is 13.8 Å². The van der Waals surface area contributed by atoms with Crippen LogP contribution in [0, 0.1) is 5.41 Å². The van der Waals surface area contributed by atoms with Crippen molar-refractivity contribution >= 4 is 69.1 Å². The Kier molecular flexibility index (Phi) is 17.5. The summed E-state index contributed by atoms with van der Waals surface area (Å²) in [7, 11) is -16.4. The Bertz CT molecular complexity index is 1920. The van der Waals surface area contributed by atoms with E-state index in [0.717, 1.165) is 48.4 Å². The van der Waals surface area contributed by atoms with Crippen molar-refractivity contribution in [3.05, 3.63) is 12.7 Å². The van der Waals surface area contributed by atoms with Gasteiger partial charge in [-0.15, -0.1) is 0 Å². The number of hydrogen-bond donors (Lipinski definition) is 10. The van der Waals surface area contributed by atoms with Crippen molar-refractivity contribution in [1.29, 1.82) is 0 Å². The van der Waals surface area contributed by atoms with Crippen molar-refractivity contribution in [2.45, 2.75) is 88.8 Å². The van der Waals surface area contributed by atoms with E-state index in [1.807, 2.05) is 0 Å². The molecule has 0 aromatic carbocycles. The van der Waals surface area contributed by atoms with Gasteiger partial charge in [0.2, 0.25) is 11.8 Å². The van der Waals surface area contributed by atoms with Crippen LogP contribution in [-0.4, -0.2) is 147 Å². The van der Waals surface area contributed by atoms with Gasteiger partial charge >= 0.3 is 23.5 Å². The maximum absolute atomic E-state index is 12.7. The number of amides is 2. The standard InChI is InChI=1S/C29H48N7O19P3S/c1-29(2,24(41)27(42)32-7-6-19(38)31-8-9-59-20(39)10-16(37)4-3-5-17-11-50-17)13-52-58(48,49)55-57(46,47)51-12-18-23(54-56(43,44)45)22(40)28(53-18)36-15-35-21-25(30)33-14-34-26(21)36/h14-18,22-24,28,37,40-41H,3-13H2,1-2H3,(H,31,38)(H,32,42)(H,46,47)(H,48,49)(H2,30,33,34)(H2,43,44,45)/t16?,17?,18-,22-,23-,24+,28-/m1/s1. The van der Waals surface area contributed by atoms with Gasteiger partial charge in [0.25, 0.3) is 0 Å². The number of epoxide rings is 1. The monoisotopic (exact) mass is 923 g/mol. The van der Waals surface area contributed by atoms with Crippen LogP contribution in [-0.2, 0) is 55.4 Å². The van der Waals surface area contributed by atoms with Crippen LogP contribution in [0.2, 0.25) is 0 Å². The Hall–Kier alpha value is -2.52. The normalized spacial score (nSPS) is 23.9. The molecule has 4 unspecified atom stereocenters. The number of imidazole rings is 1. The first-order valence-electron chi connectivity index (χ1n) is 17.8. The molecule has 2 aliphatic heterocycles. The minimum atomic E-state index is -5.58. The lowest BCUT2D eigenvalue weighted by Crippen LogP contribution is -2.46. The molecular weight excluding hydrogens is 875 g/mol. The summed E-state index contributed by atoms with van der Waals surface area (Å²) >= 11 is 0.966. The molecule has 59 heavy (non-hydrogen) atoms. The van der Waals surface area contributed by atoms with Gasteiger partial charge in [-0.3, -0.25) is 32.5 Å². The Morgan fingerprint density at radius 3 is 2.44 bits per heavy atom. The molecule has 9 atom stereocenters. The number of anilines is 1. The number of fused-ring (bicyclic) bond motifs is 1. The number of hydrogen-bond acceptors (Lipinski definition) is 20. The fourth-order valence-electron chi connectivity index (χ4n) is 5.46. The maximum Gasteiger partial charge on any atom is 0.481 e. The molecule has 4 rings (SSSR count). The summed E-state index contributed by atoms with van der Waals surface area (Å²) in [5.41, 5.74) is 4.24. The van der Waals surface area contributed by atoms with Gasteiger partial charge in [0.1, 0.15) is 36.3 Å². The number of thioether (sulfide) groups is 1. The van der Waals surface area contributed by atoms with Gasteiger partial charge in [-0.2, -0.15) is 4.31 Å². The molecule has 11 N–H and O–H groups in total. The molecule has 2 aromatic heterocycles. The molecule has 0 spiro atoms. The van der Waals surface area contributed by atoms with Crippen LogP contribution >= 0.6 is 35.2 Å². The van der Waals surface area contributed by atoms with Crippen molar-refractivity contribution in [3.8, 4) is 0 Å². The first-order valence-corrected chi connectivity index (χ1v) is 23.3. The number of phosphoric acid groups is 3. The maximum atomic E-state index is 12.7. The van der Waals surface area contributed by atoms with Crippen LogP contribution in [0.15, 0.2) is 12.7 Å². The lowest BCUT2D eigenvalue weighted by molar-refractivity contribution is -0.137. The second-order valence-electron chi connectivity index (χ2n) is 14.0. The van der Waals surface area contributed by atoms with Gasteiger partial charge < -0.3 is 60.7 Å². The number of aliphatic hydroxyl groups excluding tert-OH is 3. The summed E-state index contributed by atoms with van der Waals surface area (Å²) in [4.78, 5) is 87.8. The van der Waals surface area contributed by atoms with E-state index in [9.17, 15) is 63.0 Å². The highest BCUT2D eigenvalue weighted by Crippen LogP contribution is 2.61. The number of nitrogens with one attached hydrogen (secondary N) is 2. The number of nitrogen functional groups attached to an aromatic ring is 1. The number of rotatable bonds is 25. The first-order chi connectivity index (χ1) is 27.5.